The number of halogens is 1. The van der Waals surface area contributed by atoms with Gasteiger partial charge in [0.05, 0.1) is 11.6 Å². The molecule has 3 rings (SSSR count). The minimum atomic E-state index is 0.269. The SMILES string of the molecule is CC1CCCN1c1nc(Cl)nc2[nH]ncc12. The van der Waals surface area contributed by atoms with Crippen molar-refractivity contribution in [3.05, 3.63) is 11.5 Å². The van der Waals surface area contributed by atoms with E-state index in [2.05, 4.69) is 32.0 Å². The fraction of sp³-hybridized carbons (Fsp3) is 0.500. The van der Waals surface area contributed by atoms with Crippen molar-refractivity contribution < 1.29 is 0 Å². The second kappa shape index (κ2) is 3.59. The molecule has 0 spiro atoms. The molecule has 1 aliphatic heterocycles. The highest BCUT2D eigenvalue weighted by Gasteiger charge is 2.24. The van der Waals surface area contributed by atoms with Gasteiger partial charge >= 0.3 is 0 Å². The van der Waals surface area contributed by atoms with Gasteiger partial charge in [-0.2, -0.15) is 15.1 Å². The van der Waals surface area contributed by atoms with E-state index in [1.807, 2.05) is 0 Å². The summed E-state index contributed by atoms with van der Waals surface area (Å²) in [7, 11) is 0. The molecule has 5 nitrogen and oxygen atoms in total. The molecule has 0 saturated carbocycles. The van der Waals surface area contributed by atoms with E-state index in [4.69, 9.17) is 11.6 Å². The van der Waals surface area contributed by atoms with Crippen LogP contribution >= 0.6 is 11.6 Å². The molecular weight excluding hydrogens is 226 g/mol. The highest BCUT2D eigenvalue weighted by molar-refractivity contribution is 6.28. The van der Waals surface area contributed by atoms with Gasteiger partial charge in [-0.1, -0.05) is 0 Å². The van der Waals surface area contributed by atoms with Crippen LogP contribution in [0, 0.1) is 0 Å². The van der Waals surface area contributed by atoms with Crippen LogP contribution in [0.4, 0.5) is 5.82 Å². The average Bonchev–Trinajstić information content (AvgIpc) is 2.84. The van der Waals surface area contributed by atoms with Crippen molar-refractivity contribution in [2.24, 2.45) is 0 Å². The smallest absolute Gasteiger partial charge is 0.226 e. The summed E-state index contributed by atoms with van der Waals surface area (Å²) in [5, 5.41) is 8.03. The largest absolute Gasteiger partial charge is 0.353 e. The summed E-state index contributed by atoms with van der Waals surface area (Å²) in [4.78, 5) is 10.7. The fourth-order valence-corrected chi connectivity index (χ4v) is 2.42. The summed E-state index contributed by atoms with van der Waals surface area (Å²) in [5.74, 6) is 0.897. The van der Waals surface area contributed by atoms with Crippen molar-refractivity contribution in [3.8, 4) is 0 Å². The summed E-state index contributed by atoms with van der Waals surface area (Å²) >= 11 is 5.91. The molecule has 1 saturated heterocycles. The molecule has 1 aliphatic rings. The van der Waals surface area contributed by atoms with Gasteiger partial charge in [-0.15, -0.1) is 0 Å². The summed E-state index contributed by atoms with van der Waals surface area (Å²) in [5.41, 5.74) is 0.703. The number of nitrogens with one attached hydrogen (secondary N) is 1. The molecular formula is C10H12ClN5. The summed E-state index contributed by atoms with van der Waals surface area (Å²) in [6, 6.07) is 0.504. The maximum Gasteiger partial charge on any atom is 0.226 e. The van der Waals surface area contributed by atoms with Crippen molar-refractivity contribution in [3.63, 3.8) is 0 Å². The van der Waals surface area contributed by atoms with Crippen LogP contribution in [-0.4, -0.2) is 32.8 Å². The lowest BCUT2D eigenvalue weighted by atomic mass is 10.2. The molecule has 3 heterocycles. The molecule has 84 valence electrons. The Balaban J connectivity index is 2.17. The molecule has 0 aromatic carbocycles. The Morgan fingerprint density at radius 1 is 1.50 bits per heavy atom. The first-order chi connectivity index (χ1) is 7.75. The van der Waals surface area contributed by atoms with Crippen LogP contribution in [0.3, 0.4) is 0 Å². The van der Waals surface area contributed by atoms with E-state index in [9.17, 15) is 0 Å². The van der Waals surface area contributed by atoms with E-state index in [1.165, 1.54) is 12.8 Å². The monoisotopic (exact) mass is 237 g/mol. The summed E-state index contributed by atoms with van der Waals surface area (Å²) < 4.78 is 0. The van der Waals surface area contributed by atoms with Crippen LogP contribution in [0.15, 0.2) is 6.20 Å². The topological polar surface area (TPSA) is 57.7 Å². The van der Waals surface area contributed by atoms with Gasteiger partial charge in [0.15, 0.2) is 5.65 Å². The number of hydrogen-bond acceptors (Lipinski definition) is 4. The Morgan fingerprint density at radius 3 is 3.12 bits per heavy atom. The van der Waals surface area contributed by atoms with Crippen LogP contribution in [0.2, 0.25) is 5.28 Å². The highest BCUT2D eigenvalue weighted by Crippen LogP contribution is 2.29. The van der Waals surface area contributed by atoms with Gasteiger partial charge in [0.25, 0.3) is 0 Å². The number of anilines is 1. The molecule has 2 aromatic heterocycles. The van der Waals surface area contributed by atoms with Crippen LogP contribution in [0.5, 0.6) is 0 Å². The van der Waals surface area contributed by atoms with Gasteiger partial charge in [0.2, 0.25) is 5.28 Å². The summed E-state index contributed by atoms with van der Waals surface area (Å²) in [6.45, 7) is 3.23. The molecule has 2 aromatic rings. The number of hydrogen-bond donors (Lipinski definition) is 1. The number of aromatic amines is 1. The van der Waals surface area contributed by atoms with Crippen molar-refractivity contribution in [2.45, 2.75) is 25.8 Å². The summed E-state index contributed by atoms with van der Waals surface area (Å²) in [6.07, 6.45) is 4.15. The highest BCUT2D eigenvalue weighted by atomic mass is 35.5. The minimum absolute atomic E-state index is 0.269. The molecule has 0 bridgehead atoms. The molecule has 6 heteroatoms. The Morgan fingerprint density at radius 2 is 2.38 bits per heavy atom. The maximum absolute atomic E-state index is 5.91. The third kappa shape index (κ3) is 1.43. The number of fused-ring (bicyclic) bond motifs is 1. The third-order valence-electron chi connectivity index (χ3n) is 3.09. The molecule has 1 atom stereocenters. The molecule has 0 radical (unpaired) electrons. The minimum Gasteiger partial charge on any atom is -0.353 e. The Hall–Kier alpha value is -1.36. The van der Waals surface area contributed by atoms with Crippen molar-refractivity contribution in [2.75, 3.05) is 11.4 Å². The fourth-order valence-electron chi connectivity index (χ4n) is 2.26. The van der Waals surface area contributed by atoms with E-state index >= 15 is 0 Å². The quantitative estimate of drug-likeness (QED) is 0.771. The lowest BCUT2D eigenvalue weighted by Gasteiger charge is -2.22. The van der Waals surface area contributed by atoms with Crippen molar-refractivity contribution in [1.29, 1.82) is 0 Å². The second-order valence-corrected chi connectivity index (χ2v) is 4.47. The van der Waals surface area contributed by atoms with E-state index < -0.39 is 0 Å². The molecule has 1 unspecified atom stereocenters. The third-order valence-corrected chi connectivity index (χ3v) is 3.26. The first kappa shape index (κ1) is 9.84. The number of rotatable bonds is 1. The van der Waals surface area contributed by atoms with E-state index in [0.29, 0.717) is 11.7 Å². The zero-order valence-corrected chi connectivity index (χ0v) is 9.70. The molecule has 0 aliphatic carbocycles. The van der Waals surface area contributed by atoms with Gasteiger partial charge in [-0.05, 0) is 31.4 Å². The van der Waals surface area contributed by atoms with Crippen molar-refractivity contribution in [1.82, 2.24) is 20.2 Å². The van der Waals surface area contributed by atoms with Gasteiger partial charge in [0, 0.05) is 12.6 Å². The normalized spacial score (nSPS) is 20.9. The van der Waals surface area contributed by atoms with Crippen molar-refractivity contribution >= 4 is 28.5 Å². The predicted octanol–water partition coefficient (Wildman–Crippen LogP) is 2.00. The second-order valence-electron chi connectivity index (χ2n) is 4.13. The standard InChI is InChI=1S/C10H12ClN5/c1-6-3-2-4-16(6)9-7-5-12-15-8(7)13-10(11)14-9/h5-6H,2-4H2,1H3,(H,12,13,14,15). The predicted molar refractivity (Wildman–Crippen MR) is 62.7 cm³/mol. The number of aromatic nitrogens is 4. The average molecular weight is 238 g/mol. The zero-order chi connectivity index (χ0) is 11.1. The van der Waals surface area contributed by atoms with Gasteiger partial charge < -0.3 is 4.90 Å². The maximum atomic E-state index is 5.91. The zero-order valence-electron chi connectivity index (χ0n) is 8.94. The Kier molecular flexibility index (Phi) is 2.21. The first-order valence-corrected chi connectivity index (χ1v) is 5.77. The molecule has 16 heavy (non-hydrogen) atoms. The van der Waals surface area contributed by atoms with Gasteiger partial charge in [-0.3, -0.25) is 5.10 Å². The molecule has 1 N–H and O–H groups in total. The van der Waals surface area contributed by atoms with E-state index in [0.717, 1.165) is 17.7 Å². The Bertz CT molecular complexity index is 523. The molecule has 1 fully saturated rings. The van der Waals surface area contributed by atoms with Crippen LogP contribution in [0.1, 0.15) is 19.8 Å². The van der Waals surface area contributed by atoms with Gasteiger partial charge in [-0.25, -0.2) is 0 Å². The number of H-pyrrole nitrogens is 1. The lowest BCUT2D eigenvalue weighted by Crippen LogP contribution is -2.27. The number of nitrogens with zero attached hydrogens (tertiary/aromatic N) is 4. The van der Waals surface area contributed by atoms with Gasteiger partial charge in [0.1, 0.15) is 5.82 Å². The molecule has 0 amide bonds. The van der Waals surface area contributed by atoms with E-state index in [1.54, 1.807) is 6.20 Å². The van der Waals surface area contributed by atoms with E-state index in [-0.39, 0.29) is 5.28 Å². The van der Waals surface area contributed by atoms with Crippen LogP contribution in [-0.2, 0) is 0 Å². The lowest BCUT2D eigenvalue weighted by molar-refractivity contribution is 0.729. The van der Waals surface area contributed by atoms with Crippen LogP contribution in [0.25, 0.3) is 11.0 Å². The Labute approximate surface area is 97.8 Å². The van der Waals surface area contributed by atoms with Crippen LogP contribution < -0.4 is 4.90 Å². The first-order valence-electron chi connectivity index (χ1n) is 5.39.